The summed E-state index contributed by atoms with van der Waals surface area (Å²) in [6, 6.07) is 0. The molecule has 0 N–H and O–H groups in total. The molecule has 3 unspecified atom stereocenters. The van der Waals surface area contributed by atoms with Crippen molar-refractivity contribution in [2.75, 3.05) is 0 Å². The van der Waals surface area contributed by atoms with Crippen LogP contribution in [0.25, 0.3) is 0 Å². The molecule has 0 amide bonds. The predicted octanol–water partition coefficient (Wildman–Crippen LogP) is -0.968. The maximum absolute atomic E-state index is 2.47. The van der Waals surface area contributed by atoms with Gasteiger partial charge < -0.3 is 24.8 Å². The molecule has 108 valence electrons. The molecule has 1 fully saturated rings. The normalized spacial score (nSPS) is 29.8. The summed E-state index contributed by atoms with van der Waals surface area (Å²) in [6.07, 6.45) is 21.1. The SMILES string of the molecule is CCCC1CC2CC=CC=C2[CH]1[Zr+2][C]1=CC=CC1.[Cl-].[Cl-]. The molecule has 0 aromatic heterocycles. The zero-order valence-electron chi connectivity index (χ0n) is 12.0. The van der Waals surface area contributed by atoms with E-state index in [4.69, 9.17) is 0 Å². The number of allylic oxidation sites excluding steroid dienone is 8. The van der Waals surface area contributed by atoms with E-state index in [9.17, 15) is 0 Å². The molecule has 0 heterocycles. The second-order valence-electron chi connectivity index (χ2n) is 5.76. The Hall–Kier alpha value is 0.423. The molecule has 3 aliphatic carbocycles. The van der Waals surface area contributed by atoms with Crippen LogP contribution in [0.15, 0.2) is 45.3 Å². The molecular formula is C17H22Cl2Zr. The van der Waals surface area contributed by atoms with E-state index in [-0.39, 0.29) is 48.0 Å². The van der Waals surface area contributed by atoms with Gasteiger partial charge in [0.05, 0.1) is 0 Å². The molecule has 0 saturated heterocycles. The molecule has 3 atom stereocenters. The van der Waals surface area contributed by atoms with Crippen LogP contribution in [0.2, 0.25) is 3.63 Å². The van der Waals surface area contributed by atoms with Gasteiger partial charge in [0.1, 0.15) is 0 Å². The van der Waals surface area contributed by atoms with Gasteiger partial charge in [0.2, 0.25) is 0 Å². The fourth-order valence-electron chi connectivity index (χ4n) is 3.67. The summed E-state index contributed by atoms with van der Waals surface area (Å²) in [6.45, 7) is 2.35. The third-order valence-electron chi connectivity index (χ3n) is 4.51. The van der Waals surface area contributed by atoms with Gasteiger partial charge in [0.15, 0.2) is 0 Å². The van der Waals surface area contributed by atoms with E-state index in [0.29, 0.717) is 0 Å². The van der Waals surface area contributed by atoms with Crippen LogP contribution in [0.3, 0.4) is 0 Å². The zero-order chi connectivity index (χ0) is 12.4. The number of hydrogen-bond acceptors (Lipinski definition) is 0. The maximum atomic E-state index is 2.47. The van der Waals surface area contributed by atoms with E-state index in [0.717, 1.165) is 15.5 Å². The Morgan fingerprint density at radius 3 is 2.65 bits per heavy atom. The minimum absolute atomic E-state index is 0. The first-order valence-corrected chi connectivity index (χ1v) is 10.0. The molecule has 0 nitrogen and oxygen atoms in total. The van der Waals surface area contributed by atoms with Crippen LogP contribution in [0.5, 0.6) is 0 Å². The quantitative estimate of drug-likeness (QED) is 0.582. The fraction of sp³-hybridized carbons (Fsp3) is 0.529. The minimum atomic E-state index is -0.383. The standard InChI is InChI=1S/C12H17.C5H5.2ClH.Zr/c1-2-5-10-8-11-6-3-4-7-12(11)9-10;1-2-4-5-3-1;;;/h3-4,6,8,10,12H,2,5,7,9H2,1H3;1-3H,4H2;2*1H;/q;;;;+2/p-2. The summed E-state index contributed by atoms with van der Waals surface area (Å²) in [5, 5.41) is 0. The summed E-state index contributed by atoms with van der Waals surface area (Å²) in [5.74, 6) is 1.92. The molecule has 0 aromatic carbocycles. The molecule has 0 radical (unpaired) electrons. The molecule has 0 aromatic rings. The topological polar surface area (TPSA) is 0 Å². The predicted molar refractivity (Wildman–Crippen MR) is 73.9 cm³/mol. The third-order valence-corrected chi connectivity index (χ3v) is 9.07. The fourth-order valence-corrected chi connectivity index (χ4v) is 8.25. The number of hydrogen-bond donors (Lipinski definition) is 0. The summed E-state index contributed by atoms with van der Waals surface area (Å²) < 4.78 is 2.83. The van der Waals surface area contributed by atoms with Crippen molar-refractivity contribution >= 4 is 0 Å². The summed E-state index contributed by atoms with van der Waals surface area (Å²) in [4.78, 5) is 0. The zero-order valence-corrected chi connectivity index (χ0v) is 16.0. The number of rotatable bonds is 4. The van der Waals surface area contributed by atoms with Crippen LogP contribution in [0, 0.1) is 11.8 Å². The van der Waals surface area contributed by atoms with E-state index in [1.807, 2.05) is 8.85 Å². The maximum Gasteiger partial charge on any atom is -1.00 e. The molecule has 3 aliphatic rings. The molecule has 1 saturated carbocycles. The van der Waals surface area contributed by atoms with Crippen LogP contribution in [-0.4, -0.2) is 0 Å². The summed E-state index contributed by atoms with van der Waals surface area (Å²) in [5.41, 5.74) is 1.84. The Labute approximate surface area is 147 Å². The Balaban J connectivity index is 0.000001000. The molecule has 0 aliphatic heterocycles. The molecule has 3 rings (SSSR count). The van der Waals surface area contributed by atoms with E-state index in [1.54, 1.807) is 0 Å². The molecule has 0 spiro atoms. The van der Waals surface area contributed by atoms with Crippen LogP contribution >= 0.6 is 0 Å². The van der Waals surface area contributed by atoms with Gasteiger partial charge in [0.25, 0.3) is 0 Å². The Bertz CT molecular complexity index is 434. The third kappa shape index (κ3) is 3.99. The van der Waals surface area contributed by atoms with Crippen molar-refractivity contribution in [3.63, 3.8) is 0 Å². The van der Waals surface area contributed by atoms with Gasteiger partial charge >= 0.3 is 123 Å². The van der Waals surface area contributed by atoms with Crippen LogP contribution < -0.4 is 24.8 Å². The first kappa shape index (κ1) is 18.5. The van der Waals surface area contributed by atoms with Crippen LogP contribution in [0.4, 0.5) is 0 Å². The second-order valence-corrected chi connectivity index (χ2v) is 9.58. The average molecular weight is 388 g/mol. The molecule has 0 bridgehead atoms. The van der Waals surface area contributed by atoms with Crippen molar-refractivity contribution in [2.24, 2.45) is 11.8 Å². The van der Waals surface area contributed by atoms with E-state index in [2.05, 4.69) is 43.4 Å². The van der Waals surface area contributed by atoms with E-state index < -0.39 is 0 Å². The van der Waals surface area contributed by atoms with E-state index in [1.165, 1.54) is 32.1 Å². The van der Waals surface area contributed by atoms with Crippen molar-refractivity contribution in [3.05, 3.63) is 45.3 Å². The van der Waals surface area contributed by atoms with Gasteiger partial charge in [0, 0.05) is 0 Å². The van der Waals surface area contributed by atoms with Gasteiger partial charge in [-0.05, 0) is 0 Å². The van der Waals surface area contributed by atoms with Crippen molar-refractivity contribution in [3.8, 4) is 0 Å². The van der Waals surface area contributed by atoms with Gasteiger partial charge in [-0.2, -0.15) is 0 Å². The first-order valence-electron chi connectivity index (χ1n) is 7.37. The minimum Gasteiger partial charge on any atom is -1.00 e. The Morgan fingerprint density at radius 1 is 1.15 bits per heavy atom. The van der Waals surface area contributed by atoms with Gasteiger partial charge in [-0.15, -0.1) is 0 Å². The summed E-state index contributed by atoms with van der Waals surface area (Å²) in [7, 11) is 0. The van der Waals surface area contributed by atoms with Crippen molar-refractivity contribution in [1.82, 2.24) is 0 Å². The summed E-state index contributed by atoms with van der Waals surface area (Å²) >= 11 is -0.383. The van der Waals surface area contributed by atoms with Crippen molar-refractivity contribution in [1.29, 1.82) is 0 Å². The van der Waals surface area contributed by atoms with Gasteiger partial charge in [-0.25, -0.2) is 0 Å². The molecule has 3 heteroatoms. The van der Waals surface area contributed by atoms with Crippen LogP contribution in [0.1, 0.15) is 39.0 Å². The van der Waals surface area contributed by atoms with Gasteiger partial charge in [-0.3, -0.25) is 0 Å². The smallest absolute Gasteiger partial charge is 1.00 e. The monoisotopic (exact) mass is 386 g/mol. The first-order chi connectivity index (χ1) is 8.88. The Kier molecular flexibility index (Phi) is 8.10. The molecular weight excluding hydrogens is 366 g/mol. The van der Waals surface area contributed by atoms with Gasteiger partial charge in [-0.1, -0.05) is 0 Å². The number of halogens is 2. The molecule has 20 heavy (non-hydrogen) atoms. The van der Waals surface area contributed by atoms with Crippen molar-refractivity contribution < 1.29 is 48.0 Å². The largest absolute Gasteiger partial charge is 1.00 e. The van der Waals surface area contributed by atoms with E-state index >= 15 is 0 Å². The van der Waals surface area contributed by atoms with Crippen LogP contribution in [-0.2, 0) is 23.2 Å². The number of fused-ring (bicyclic) bond motifs is 1. The average Bonchev–Trinajstić information content (AvgIpc) is 3.00. The van der Waals surface area contributed by atoms with Crippen molar-refractivity contribution in [2.45, 2.75) is 42.7 Å². The Morgan fingerprint density at radius 2 is 1.95 bits per heavy atom. The second kappa shape index (κ2) is 8.77.